The minimum atomic E-state index is -0.349. The first-order chi connectivity index (χ1) is 12.7. The van der Waals surface area contributed by atoms with E-state index in [9.17, 15) is 9.59 Å². The van der Waals surface area contributed by atoms with Gasteiger partial charge in [0.2, 0.25) is 5.91 Å². The topological polar surface area (TPSA) is 93.2 Å². The van der Waals surface area contributed by atoms with Crippen molar-refractivity contribution in [3.63, 3.8) is 0 Å². The number of amides is 1. The molecule has 3 N–H and O–H groups in total. The highest BCUT2D eigenvalue weighted by Crippen LogP contribution is 2.19. The van der Waals surface area contributed by atoms with Crippen molar-refractivity contribution in [3.8, 4) is 16.9 Å². The SMILES string of the molecule is NC(=O)CCCN=Cc1c(-c2ccccc2)[nH]n(-c2ccccc2)c1=O. The number of aliphatic imine (C=N–C) groups is 1. The summed E-state index contributed by atoms with van der Waals surface area (Å²) in [6, 6.07) is 19.0. The zero-order valence-electron chi connectivity index (χ0n) is 14.3. The van der Waals surface area contributed by atoms with Crippen molar-refractivity contribution in [1.29, 1.82) is 0 Å². The quantitative estimate of drug-likeness (QED) is 0.507. The van der Waals surface area contributed by atoms with E-state index in [0.717, 1.165) is 11.3 Å². The summed E-state index contributed by atoms with van der Waals surface area (Å²) in [7, 11) is 0. The van der Waals surface area contributed by atoms with Crippen LogP contribution in [0.5, 0.6) is 0 Å². The normalized spacial score (nSPS) is 11.1. The van der Waals surface area contributed by atoms with E-state index in [2.05, 4.69) is 10.1 Å². The molecule has 0 spiro atoms. The summed E-state index contributed by atoms with van der Waals surface area (Å²) in [6.07, 6.45) is 2.41. The summed E-state index contributed by atoms with van der Waals surface area (Å²) in [5.41, 5.74) is 7.80. The molecule has 2 aromatic carbocycles. The molecule has 6 heteroatoms. The van der Waals surface area contributed by atoms with Crippen molar-refractivity contribution in [2.45, 2.75) is 12.8 Å². The Morgan fingerprint density at radius 3 is 2.38 bits per heavy atom. The summed E-state index contributed by atoms with van der Waals surface area (Å²) in [5.74, 6) is -0.349. The molecule has 0 radical (unpaired) electrons. The first kappa shape index (κ1) is 17.4. The van der Waals surface area contributed by atoms with Gasteiger partial charge in [-0.3, -0.25) is 19.7 Å². The Bertz CT molecular complexity index is 956. The van der Waals surface area contributed by atoms with Gasteiger partial charge in [0, 0.05) is 24.7 Å². The van der Waals surface area contributed by atoms with E-state index in [1.165, 1.54) is 4.68 Å². The molecule has 1 aromatic heterocycles. The van der Waals surface area contributed by atoms with Crippen molar-refractivity contribution in [3.05, 3.63) is 76.6 Å². The Hall–Kier alpha value is -3.41. The van der Waals surface area contributed by atoms with Crippen LogP contribution in [0.25, 0.3) is 16.9 Å². The predicted molar refractivity (Wildman–Crippen MR) is 103 cm³/mol. The van der Waals surface area contributed by atoms with Gasteiger partial charge in [0.15, 0.2) is 0 Å². The molecule has 3 rings (SSSR count). The zero-order chi connectivity index (χ0) is 18.4. The molecule has 1 heterocycles. The van der Waals surface area contributed by atoms with Crippen LogP contribution in [0.15, 0.2) is 70.5 Å². The largest absolute Gasteiger partial charge is 0.370 e. The van der Waals surface area contributed by atoms with Gasteiger partial charge in [-0.05, 0) is 18.6 Å². The minimum Gasteiger partial charge on any atom is -0.370 e. The lowest BCUT2D eigenvalue weighted by molar-refractivity contribution is -0.118. The zero-order valence-corrected chi connectivity index (χ0v) is 14.3. The molecule has 0 bridgehead atoms. The highest BCUT2D eigenvalue weighted by Gasteiger charge is 2.15. The molecule has 0 aliphatic heterocycles. The number of aromatic nitrogens is 2. The molecule has 0 aliphatic carbocycles. The first-order valence-electron chi connectivity index (χ1n) is 8.41. The number of hydrogen-bond acceptors (Lipinski definition) is 3. The molecule has 1 amide bonds. The van der Waals surface area contributed by atoms with Crippen molar-refractivity contribution in [2.24, 2.45) is 10.7 Å². The lowest BCUT2D eigenvalue weighted by atomic mass is 10.1. The van der Waals surface area contributed by atoms with Crippen molar-refractivity contribution < 1.29 is 4.79 Å². The van der Waals surface area contributed by atoms with E-state index >= 15 is 0 Å². The van der Waals surface area contributed by atoms with Gasteiger partial charge in [0.25, 0.3) is 5.56 Å². The number of para-hydroxylation sites is 1. The second-order valence-corrected chi connectivity index (χ2v) is 5.85. The van der Waals surface area contributed by atoms with Gasteiger partial charge in [0.1, 0.15) is 0 Å². The fraction of sp³-hybridized carbons (Fsp3) is 0.150. The van der Waals surface area contributed by atoms with Crippen LogP contribution < -0.4 is 11.3 Å². The molecule has 0 atom stereocenters. The van der Waals surface area contributed by atoms with Crippen molar-refractivity contribution in [1.82, 2.24) is 9.78 Å². The number of H-pyrrole nitrogens is 1. The third kappa shape index (κ3) is 3.97. The lowest BCUT2D eigenvalue weighted by Crippen LogP contribution is -2.17. The second kappa shape index (κ2) is 8.11. The molecule has 3 aromatic rings. The molecule has 0 fully saturated rings. The Labute approximate surface area is 151 Å². The fourth-order valence-electron chi connectivity index (χ4n) is 2.65. The number of hydrogen-bond donors (Lipinski definition) is 2. The maximum atomic E-state index is 12.9. The third-order valence-electron chi connectivity index (χ3n) is 3.93. The maximum absolute atomic E-state index is 12.9. The molecule has 0 aliphatic rings. The standard InChI is InChI=1S/C20H20N4O2/c21-18(25)12-7-13-22-14-17-19(15-8-3-1-4-9-15)23-24(20(17)26)16-10-5-2-6-11-16/h1-6,8-11,14,23H,7,12-13H2,(H2,21,25). The summed E-state index contributed by atoms with van der Waals surface area (Å²) >= 11 is 0. The molecular weight excluding hydrogens is 328 g/mol. The average molecular weight is 348 g/mol. The minimum absolute atomic E-state index is 0.172. The number of nitrogens with two attached hydrogens (primary N) is 1. The van der Waals surface area contributed by atoms with Crippen LogP contribution in [-0.2, 0) is 4.79 Å². The molecular formula is C20H20N4O2. The van der Waals surface area contributed by atoms with Gasteiger partial charge in [-0.1, -0.05) is 48.5 Å². The van der Waals surface area contributed by atoms with Crippen LogP contribution in [0.2, 0.25) is 0 Å². The molecule has 0 saturated carbocycles. The van der Waals surface area contributed by atoms with E-state index < -0.39 is 0 Å². The van der Waals surface area contributed by atoms with Crippen molar-refractivity contribution in [2.75, 3.05) is 6.54 Å². The van der Waals surface area contributed by atoms with Gasteiger partial charge in [-0.2, -0.15) is 0 Å². The van der Waals surface area contributed by atoms with Gasteiger partial charge < -0.3 is 5.73 Å². The number of benzene rings is 2. The van der Waals surface area contributed by atoms with Crippen LogP contribution in [-0.4, -0.2) is 28.4 Å². The Kier molecular flexibility index (Phi) is 5.43. The molecule has 0 saturated heterocycles. The van der Waals surface area contributed by atoms with E-state index in [4.69, 9.17) is 5.73 Å². The van der Waals surface area contributed by atoms with E-state index in [-0.39, 0.29) is 17.9 Å². The summed E-state index contributed by atoms with van der Waals surface area (Å²) in [4.78, 5) is 28.0. The highest BCUT2D eigenvalue weighted by molar-refractivity contribution is 5.88. The summed E-state index contributed by atoms with van der Waals surface area (Å²) in [5, 5.41) is 3.18. The van der Waals surface area contributed by atoms with Gasteiger partial charge in [0.05, 0.1) is 16.9 Å². The fourth-order valence-corrected chi connectivity index (χ4v) is 2.65. The number of carbonyl (C=O) groups is 1. The predicted octanol–water partition coefficient (Wildman–Crippen LogP) is 2.52. The van der Waals surface area contributed by atoms with Crippen LogP contribution in [0.3, 0.4) is 0 Å². The smallest absolute Gasteiger partial charge is 0.280 e. The number of aromatic amines is 1. The van der Waals surface area contributed by atoms with Gasteiger partial charge >= 0.3 is 0 Å². The summed E-state index contributed by atoms with van der Waals surface area (Å²) in [6.45, 7) is 0.438. The summed E-state index contributed by atoms with van der Waals surface area (Å²) < 4.78 is 1.51. The molecule has 6 nitrogen and oxygen atoms in total. The van der Waals surface area contributed by atoms with E-state index in [1.807, 2.05) is 60.7 Å². The van der Waals surface area contributed by atoms with Crippen LogP contribution in [0, 0.1) is 0 Å². The molecule has 132 valence electrons. The molecule has 0 unspecified atom stereocenters. The number of carbonyl (C=O) groups excluding carboxylic acids is 1. The second-order valence-electron chi connectivity index (χ2n) is 5.85. The Balaban J connectivity index is 1.98. The molecule has 26 heavy (non-hydrogen) atoms. The van der Waals surface area contributed by atoms with Gasteiger partial charge in [-0.15, -0.1) is 0 Å². The van der Waals surface area contributed by atoms with Crippen molar-refractivity contribution >= 4 is 12.1 Å². The number of nitrogens with one attached hydrogen (secondary N) is 1. The maximum Gasteiger partial charge on any atom is 0.280 e. The third-order valence-corrected chi connectivity index (χ3v) is 3.93. The first-order valence-corrected chi connectivity index (χ1v) is 8.41. The Morgan fingerprint density at radius 2 is 1.73 bits per heavy atom. The average Bonchev–Trinajstić information content (AvgIpc) is 2.99. The number of nitrogens with zero attached hydrogens (tertiary/aromatic N) is 2. The Morgan fingerprint density at radius 1 is 1.08 bits per heavy atom. The van der Waals surface area contributed by atoms with Crippen LogP contribution in [0.4, 0.5) is 0 Å². The van der Waals surface area contributed by atoms with Crippen LogP contribution >= 0.6 is 0 Å². The van der Waals surface area contributed by atoms with E-state index in [0.29, 0.717) is 24.2 Å². The van der Waals surface area contributed by atoms with E-state index in [1.54, 1.807) is 6.21 Å². The number of rotatable bonds is 7. The van der Waals surface area contributed by atoms with Crippen LogP contribution in [0.1, 0.15) is 18.4 Å². The highest BCUT2D eigenvalue weighted by atomic mass is 16.1. The lowest BCUT2D eigenvalue weighted by Gasteiger charge is -2.01. The monoisotopic (exact) mass is 348 g/mol. The number of primary amides is 1. The van der Waals surface area contributed by atoms with Gasteiger partial charge in [-0.25, -0.2) is 4.68 Å².